The molecular formula is C12H16O5S. The van der Waals surface area contributed by atoms with Crippen molar-refractivity contribution in [1.82, 2.24) is 0 Å². The van der Waals surface area contributed by atoms with E-state index >= 15 is 0 Å². The third-order valence-corrected chi connectivity index (χ3v) is 3.29. The fourth-order valence-electron chi connectivity index (χ4n) is 1.37. The lowest BCUT2D eigenvalue weighted by Crippen LogP contribution is -2.08. The van der Waals surface area contributed by atoms with Crippen LogP contribution in [0.5, 0.6) is 11.5 Å². The molecule has 0 N–H and O–H groups in total. The highest BCUT2D eigenvalue weighted by Gasteiger charge is 2.06. The summed E-state index contributed by atoms with van der Waals surface area (Å²) >= 11 is 0. The number of hydrogen-bond donors (Lipinski definition) is 0. The van der Waals surface area contributed by atoms with Crippen LogP contribution in [-0.2, 0) is 9.84 Å². The van der Waals surface area contributed by atoms with Crippen molar-refractivity contribution in [3.8, 4) is 11.5 Å². The summed E-state index contributed by atoms with van der Waals surface area (Å²) in [6.45, 7) is 0.237. The zero-order valence-corrected chi connectivity index (χ0v) is 11.2. The minimum absolute atomic E-state index is 0.0629. The maximum atomic E-state index is 10.9. The van der Waals surface area contributed by atoms with Crippen LogP contribution < -0.4 is 9.47 Å². The molecule has 0 heterocycles. The largest absolute Gasteiger partial charge is 0.497 e. The number of hydrogen-bond acceptors (Lipinski definition) is 5. The van der Waals surface area contributed by atoms with Crippen LogP contribution in [-0.4, -0.2) is 40.4 Å². The van der Waals surface area contributed by atoms with Crippen molar-refractivity contribution in [3.63, 3.8) is 0 Å². The molecule has 0 aliphatic rings. The number of methoxy groups -OCH3 is 1. The average Bonchev–Trinajstić information content (AvgIpc) is 2.33. The van der Waals surface area contributed by atoms with Crippen LogP contribution in [0.25, 0.3) is 0 Å². The van der Waals surface area contributed by atoms with Crippen molar-refractivity contribution in [3.05, 3.63) is 23.8 Å². The van der Waals surface area contributed by atoms with E-state index in [-0.39, 0.29) is 12.4 Å². The number of carbonyl (C=O) groups excluding carboxylic acids is 1. The van der Waals surface area contributed by atoms with E-state index in [1.165, 1.54) is 13.4 Å². The lowest BCUT2D eigenvalue weighted by atomic mass is 10.2. The van der Waals surface area contributed by atoms with Gasteiger partial charge in [-0.3, -0.25) is 4.79 Å². The van der Waals surface area contributed by atoms with Gasteiger partial charge in [0.2, 0.25) is 0 Å². The Morgan fingerprint density at radius 1 is 1.33 bits per heavy atom. The average molecular weight is 272 g/mol. The van der Waals surface area contributed by atoms with E-state index in [0.717, 1.165) is 0 Å². The molecule has 0 amide bonds. The molecule has 0 fully saturated rings. The van der Waals surface area contributed by atoms with Crippen LogP contribution in [0.4, 0.5) is 0 Å². The molecule has 0 aliphatic carbocycles. The molecule has 0 radical (unpaired) electrons. The topological polar surface area (TPSA) is 69.7 Å². The van der Waals surface area contributed by atoms with Gasteiger partial charge in [-0.05, 0) is 18.6 Å². The fourth-order valence-corrected chi connectivity index (χ4v) is 2.01. The Labute approximate surface area is 107 Å². The van der Waals surface area contributed by atoms with Crippen molar-refractivity contribution < 1.29 is 22.7 Å². The Kier molecular flexibility index (Phi) is 5.15. The summed E-state index contributed by atoms with van der Waals surface area (Å²) in [6.07, 6.45) is 2.25. The molecule has 0 bridgehead atoms. The van der Waals surface area contributed by atoms with E-state index in [2.05, 4.69) is 0 Å². The number of carbonyl (C=O) groups is 1. The second-order valence-electron chi connectivity index (χ2n) is 3.85. The van der Waals surface area contributed by atoms with Gasteiger partial charge in [0.1, 0.15) is 21.3 Å². The highest BCUT2D eigenvalue weighted by molar-refractivity contribution is 7.90. The van der Waals surface area contributed by atoms with E-state index in [0.29, 0.717) is 29.8 Å². The van der Waals surface area contributed by atoms with Gasteiger partial charge in [-0.1, -0.05) is 0 Å². The number of benzene rings is 1. The first-order chi connectivity index (χ1) is 8.46. The first-order valence-electron chi connectivity index (χ1n) is 5.40. The predicted octanol–water partition coefficient (Wildman–Crippen LogP) is 1.32. The molecule has 1 rings (SSSR count). The normalized spacial score (nSPS) is 11.0. The van der Waals surface area contributed by atoms with Gasteiger partial charge in [0.15, 0.2) is 6.29 Å². The van der Waals surface area contributed by atoms with E-state index in [4.69, 9.17) is 9.47 Å². The Morgan fingerprint density at radius 2 is 2.06 bits per heavy atom. The first-order valence-corrected chi connectivity index (χ1v) is 7.46. The van der Waals surface area contributed by atoms with E-state index in [9.17, 15) is 13.2 Å². The van der Waals surface area contributed by atoms with Crippen molar-refractivity contribution in [1.29, 1.82) is 0 Å². The molecule has 1 aromatic rings. The Hall–Kier alpha value is -1.56. The summed E-state index contributed by atoms with van der Waals surface area (Å²) in [5.41, 5.74) is 0.412. The van der Waals surface area contributed by atoms with Gasteiger partial charge >= 0.3 is 0 Å². The van der Waals surface area contributed by atoms with Crippen LogP contribution in [0.2, 0.25) is 0 Å². The molecule has 0 aliphatic heterocycles. The van der Waals surface area contributed by atoms with Crippen LogP contribution in [0.15, 0.2) is 18.2 Å². The van der Waals surface area contributed by atoms with E-state index < -0.39 is 9.84 Å². The second-order valence-corrected chi connectivity index (χ2v) is 6.11. The van der Waals surface area contributed by atoms with Crippen LogP contribution in [0.1, 0.15) is 16.8 Å². The summed E-state index contributed by atoms with van der Waals surface area (Å²) in [7, 11) is -1.46. The second kappa shape index (κ2) is 6.39. The number of rotatable bonds is 7. The molecular weight excluding hydrogens is 256 g/mol. The van der Waals surface area contributed by atoms with E-state index in [1.54, 1.807) is 18.2 Å². The monoisotopic (exact) mass is 272 g/mol. The third kappa shape index (κ3) is 4.75. The highest BCUT2D eigenvalue weighted by atomic mass is 32.2. The molecule has 18 heavy (non-hydrogen) atoms. The fraction of sp³-hybridized carbons (Fsp3) is 0.417. The quantitative estimate of drug-likeness (QED) is 0.553. The summed E-state index contributed by atoms with van der Waals surface area (Å²) in [5, 5.41) is 0. The Balaban J connectivity index is 2.62. The van der Waals surface area contributed by atoms with Gasteiger partial charge in [0, 0.05) is 12.3 Å². The Bertz CT molecular complexity index is 507. The lowest BCUT2D eigenvalue weighted by molar-refractivity contribution is 0.111. The van der Waals surface area contributed by atoms with Crippen molar-refractivity contribution in [2.75, 3.05) is 25.7 Å². The minimum Gasteiger partial charge on any atom is -0.497 e. The highest BCUT2D eigenvalue weighted by Crippen LogP contribution is 2.23. The summed E-state index contributed by atoms with van der Waals surface area (Å²) in [5.74, 6) is 1.05. The standard InChI is InChI=1S/C12H16O5S/c1-16-11-5-4-10(9-13)12(8-11)17-6-3-7-18(2,14)15/h4-5,8-9H,3,6-7H2,1-2H3. The summed E-state index contributed by atoms with van der Waals surface area (Å²) in [6, 6.07) is 4.86. The molecule has 0 saturated heterocycles. The molecule has 0 spiro atoms. The molecule has 0 atom stereocenters. The van der Waals surface area contributed by atoms with Gasteiger partial charge in [-0.15, -0.1) is 0 Å². The molecule has 5 nitrogen and oxygen atoms in total. The Morgan fingerprint density at radius 3 is 2.61 bits per heavy atom. The number of sulfone groups is 1. The van der Waals surface area contributed by atoms with Gasteiger partial charge in [0.05, 0.1) is 25.0 Å². The molecule has 0 unspecified atom stereocenters. The van der Waals surface area contributed by atoms with Crippen molar-refractivity contribution >= 4 is 16.1 Å². The van der Waals surface area contributed by atoms with Crippen molar-refractivity contribution in [2.45, 2.75) is 6.42 Å². The minimum atomic E-state index is -2.98. The predicted molar refractivity (Wildman–Crippen MR) is 68.2 cm³/mol. The maximum absolute atomic E-state index is 10.9. The molecule has 6 heteroatoms. The molecule has 0 aromatic heterocycles. The molecule has 100 valence electrons. The smallest absolute Gasteiger partial charge is 0.153 e. The van der Waals surface area contributed by atoms with Crippen LogP contribution in [0.3, 0.4) is 0 Å². The third-order valence-electron chi connectivity index (χ3n) is 2.26. The van der Waals surface area contributed by atoms with Gasteiger partial charge in [0.25, 0.3) is 0 Å². The van der Waals surface area contributed by atoms with Crippen LogP contribution >= 0.6 is 0 Å². The van der Waals surface area contributed by atoms with Gasteiger partial charge in [-0.25, -0.2) is 8.42 Å². The zero-order chi connectivity index (χ0) is 13.6. The molecule has 0 saturated carbocycles. The zero-order valence-electron chi connectivity index (χ0n) is 10.4. The number of aldehydes is 1. The van der Waals surface area contributed by atoms with Gasteiger partial charge < -0.3 is 9.47 Å². The lowest BCUT2D eigenvalue weighted by Gasteiger charge is -2.09. The van der Waals surface area contributed by atoms with E-state index in [1.807, 2.05) is 0 Å². The van der Waals surface area contributed by atoms with Crippen molar-refractivity contribution in [2.24, 2.45) is 0 Å². The molecule has 1 aromatic carbocycles. The van der Waals surface area contributed by atoms with Gasteiger partial charge in [-0.2, -0.15) is 0 Å². The first kappa shape index (κ1) is 14.5. The SMILES string of the molecule is COc1ccc(C=O)c(OCCCS(C)(=O)=O)c1. The number of ether oxygens (including phenoxy) is 2. The maximum Gasteiger partial charge on any atom is 0.153 e. The van der Waals surface area contributed by atoms with Crippen LogP contribution in [0, 0.1) is 0 Å². The summed E-state index contributed by atoms with van der Waals surface area (Å²) < 4.78 is 32.3. The summed E-state index contributed by atoms with van der Waals surface area (Å²) in [4.78, 5) is 10.8.